The topological polar surface area (TPSA) is 12.5 Å². The van der Waals surface area contributed by atoms with Gasteiger partial charge in [-0.15, -0.1) is 13.2 Å². The van der Waals surface area contributed by atoms with Crippen molar-refractivity contribution in [1.82, 2.24) is 4.90 Å². The molecule has 0 bridgehead atoms. The normalized spacial score (nSPS) is 34.2. The van der Waals surface area contributed by atoms with Gasteiger partial charge in [-0.25, -0.2) is 0 Å². The molecule has 5 heteroatoms. The number of fused-ring (bicyclic) bond motifs is 1. The lowest BCUT2D eigenvalue weighted by atomic mass is 9.47. The van der Waals surface area contributed by atoms with Gasteiger partial charge < -0.3 is 4.74 Å². The van der Waals surface area contributed by atoms with Crippen molar-refractivity contribution < 1.29 is 17.9 Å². The molecule has 22 heavy (non-hydrogen) atoms. The van der Waals surface area contributed by atoms with Gasteiger partial charge in [-0.1, -0.05) is 18.9 Å². The minimum Gasteiger partial charge on any atom is -0.406 e. The zero-order chi connectivity index (χ0) is 15.6. The van der Waals surface area contributed by atoms with Gasteiger partial charge in [-0.2, -0.15) is 0 Å². The summed E-state index contributed by atoms with van der Waals surface area (Å²) in [4.78, 5) is 2.42. The maximum absolute atomic E-state index is 12.5. The SMILES string of the molecule is CN1C[C@@]23CCCCC12CCc1ccc(OC(F)(F)F)cc13. The summed E-state index contributed by atoms with van der Waals surface area (Å²) in [5, 5.41) is 0. The van der Waals surface area contributed by atoms with Crippen LogP contribution in [-0.4, -0.2) is 30.4 Å². The van der Waals surface area contributed by atoms with Gasteiger partial charge >= 0.3 is 6.36 Å². The Morgan fingerprint density at radius 2 is 1.91 bits per heavy atom. The Morgan fingerprint density at radius 3 is 2.64 bits per heavy atom. The van der Waals surface area contributed by atoms with Crippen molar-refractivity contribution in [2.45, 2.75) is 55.8 Å². The first-order valence-electron chi connectivity index (χ1n) is 7.97. The lowest BCUT2D eigenvalue weighted by Crippen LogP contribution is -2.77. The van der Waals surface area contributed by atoms with Gasteiger partial charge in [0.25, 0.3) is 0 Å². The number of halogens is 3. The van der Waals surface area contributed by atoms with Crippen LogP contribution < -0.4 is 4.74 Å². The van der Waals surface area contributed by atoms with Gasteiger partial charge in [0.15, 0.2) is 0 Å². The molecule has 0 aromatic heterocycles. The zero-order valence-electron chi connectivity index (χ0n) is 12.7. The number of likely N-dealkylation sites (tertiary alicyclic amines) is 1. The van der Waals surface area contributed by atoms with E-state index >= 15 is 0 Å². The fourth-order valence-corrected chi connectivity index (χ4v) is 5.35. The predicted molar refractivity (Wildman–Crippen MR) is 77.0 cm³/mol. The molecule has 1 saturated heterocycles. The molecule has 0 radical (unpaired) electrons. The van der Waals surface area contributed by atoms with E-state index in [4.69, 9.17) is 0 Å². The minimum atomic E-state index is -4.62. The van der Waals surface area contributed by atoms with Crippen molar-refractivity contribution in [1.29, 1.82) is 0 Å². The quantitative estimate of drug-likeness (QED) is 0.776. The summed E-state index contributed by atoms with van der Waals surface area (Å²) in [6.07, 6.45) is 2.08. The van der Waals surface area contributed by atoms with Crippen LogP contribution in [0.5, 0.6) is 5.75 Å². The van der Waals surface area contributed by atoms with Crippen molar-refractivity contribution >= 4 is 0 Å². The van der Waals surface area contributed by atoms with Gasteiger partial charge in [0.1, 0.15) is 5.75 Å². The first kappa shape index (κ1) is 14.4. The van der Waals surface area contributed by atoms with Crippen molar-refractivity contribution in [3.8, 4) is 5.75 Å². The number of nitrogens with zero attached hydrogens (tertiary/aromatic N) is 1. The number of likely N-dealkylation sites (N-methyl/N-ethyl adjacent to an activating group) is 1. The summed E-state index contributed by atoms with van der Waals surface area (Å²) in [6, 6.07) is 4.96. The number of hydrogen-bond acceptors (Lipinski definition) is 2. The number of alkyl halides is 3. The molecule has 1 saturated carbocycles. The number of ether oxygens (including phenoxy) is 1. The maximum Gasteiger partial charge on any atom is 0.573 e. The van der Waals surface area contributed by atoms with E-state index in [0.29, 0.717) is 0 Å². The highest BCUT2D eigenvalue weighted by Crippen LogP contribution is 2.62. The summed E-state index contributed by atoms with van der Waals surface area (Å²) in [7, 11) is 2.16. The maximum atomic E-state index is 12.5. The second kappa shape index (κ2) is 4.40. The second-order valence-electron chi connectivity index (χ2n) is 7.04. The highest BCUT2D eigenvalue weighted by atomic mass is 19.4. The van der Waals surface area contributed by atoms with Gasteiger partial charge in [0.05, 0.1) is 0 Å². The molecule has 2 fully saturated rings. The lowest BCUT2D eigenvalue weighted by molar-refractivity contribution is -0.274. The Hall–Kier alpha value is -1.23. The van der Waals surface area contributed by atoms with E-state index in [-0.39, 0.29) is 16.7 Å². The third-order valence-electron chi connectivity index (χ3n) is 6.21. The van der Waals surface area contributed by atoms with Crippen LogP contribution in [0.4, 0.5) is 13.2 Å². The molecule has 2 atom stereocenters. The van der Waals surface area contributed by atoms with E-state index in [1.54, 1.807) is 6.07 Å². The second-order valence-corrected chi connectivity index (χ2v) is 7.04. The van der Waals surface area contributed by atoms with Crippen LogP contribution in [0.3, 0.4) is 0 Å². The first-order valence-corrected chi connectivity index (χ1v) is 7.97. The minimum absolute atomic E-state index is 0.0402. The lowest BCUT2D eigenvalue weighted by Gasteiger charge is -2.70. The van der Waals surface area contributed by atoms with Crippen LogP contribution in [0.15, 0.2) is 18.2 Å². The van der Waals surface area contributed by atoms with Crippen LogP contribution in [-0.2, 0) is 11.8 Å². The highest BCUT2D eigenvalue weighted by molar-refractivity contribution is 5.49. The number of hydrogen-bond donors (Lipinski definition) is 0. The van der Waals surface area contributed by atoms with Gasteiger partial charge in [-0.05, 0) is 56.0 Å². The third-order valence-corrected chi connectivity index (χ3v) is 6.21. The average Bonchev–Trinajstić information content (AvgIpc) is 2.44. The standard InChI is InChI=1S/C17H20F3NO/c1-21-11-15-7-2-3-8-16(15,21)9-6-12-4-5-13(10-14(12)15)22-17(18,19)20/h4-5,10H,2-3,6-9,11H2,1H3/t15-,16?/m1/s1. The molecule has 3 aliphatic rings. The van der Waals surface area contributed by atoms with Crippen LogP contribution in [0.25, 0.3) is 0 Å². The Bertz CT molecular complexity index is 610. The van der Waals surface area contributed by atoms with Gasteiger partial charge in [0, 0.05) is 17.5 Å². The van der Waals surface area contributed by atoms with E-state index < -0.39 is 6.36 Å². The zero-order valence-corrected chi connectivity index (χ0v) is 12.7. The monoisotopic (exact) mass is 311 g/mol. The molecule has 0 amide bonds. The van der Waals surface area contributed by atoms with Gasteiger partial charge in [0.2, 0.25) is 0 Å². The average molecular weight is 311 g/mol. The smallest absolute Gasteiger partial charge is 0.406 e. The van der Waals surface area contributed by atoms with E-state index in [2.05, 4.69) is 16.7 Å². The molecule has 1 aromatic carbocycles. The summed E-state index contributed by atoms with van der Waals surface area (Å²) < 4.78 is 41.7. The Balaban J connectivity index is 1.78. The Morgan fingerprint density at radius 1 is 1.14 bits per heavy atom. The van der Waals surface area contributed by atoms with Crippen LogP contribution in [0, 0.1) is 0 Å². The molecule has 1 aliphatic heterocycles. The highest BCUT2D eigenvalue weighted by Gasteiger charge is 2.65. The molecule has 120 valence electrons. The van der Waals surface area contributed by atoms with Crippen molar-refractivity contribution in [2.24, 2.45) is 0 Å². The number of aryl methyl sites for hydroxylation is 1. The van der Waals surface area contributed by atoms with E-state index in [9.17, 15) is 13.2 Å². The molecule has 0 N–H and O–H groups in total. The Labute approximate surface area is 128 Å². The molecule has 2 nitrogen and oxygen atoms in total. The summed E-state index contributed by atoms with van der Waals surface area (Å²) in [5.41, 5.74) is 2.52. The molecule has 4 rings (SSSR count). The molecule has 1 heterocycles. The van der Waals surface area contributed by atoms with Crippen LogP contribution in [0.1, 0.15) is 43.2 Å². The predicted octanol–water partition coefficient (Wildman–Crippen LogP) is 4.03. The molecule has 2 aliphatic carbocycles. The van der Waals surface area contributed by atoms with E-state index in [1.165, 1.54) is 24.5 Å². The van der Waals surface area contributed by atoms with Crippen molar-refractivity contribution in [3.63, 3.8) is 0 Å². The fraction of sp³-hybridized carbons (Fsp3) is 0.647. The Kier molecular flexibility index (Phi) is 2.88. The summed E-state index contributed by atoms with van der Waals surface area (Å²) in [5.74, 6) is -0.0726. The number of rotatable bonds is 1. The summed E-state index contributed by atoms with van der Waals surface area (Å²) >= 11 is 0. The fourth-order valence-electron chi connectivity index (χ4n) is 5.35. The largest absolute Gasteiger partial charge is 0.573 e. The third kappa shape index (κ3) is 1.78. The van der Waals surface area contributed by atoms with Crippen LogP contribution >= 0.6 is 0 Å². The van der Waals surface area contributed by atoms with Crippen LogP contribution in [0.2, 0.25) is 0 Å². The molecular formula is C17H20F3NO. The summed E-state index contributed by atoms with van der Waals surface area (Å²) in [6.45, 7) is 0.954. The van der Waals surface area contributed by atoms with Crippen molar-refractivity contribution in [2.75, 3.05) is 13.6 Å². The molecular weight excluding hydrogens is 291 g/mol. The van der Waals surface area contributed by atoms with Gasteiger partial charge in [-0.3, -0.25) is 4.90 Å². The number of benzene rings is 1. The molecule has 1 unspecified atom stereocenters. The van der Waals surface area contributed by atoms with E-state index in [0.717, 1.165) is 37.8 Å². The molecule has 0 spiro atoms. The van der Waals surface area contributed by atoms with E-state index in [1.807, 2.05) is 6.07 Å². The van der Waals surface area contributed by atoms with Crippen molar-refractivity contribution in [3.05, 3.63) is 29.3 Å². The molecule has 1 aromatic rings. The first-order chi connectivity index (χ1) is 10.4.